The number of aliphatic hydroxyl groups is 1. The largest absolute Gasteiger partial charge is 0.395 e. The summed E-state index contributed by atoms with van der Waals surface area (Å²) in [4.78, 5) is 14.0. The van der Waals surface area contributed by atoms with E-state index in [0.717, 1.165) is 22.6 Å². The first kappa shape index (κ1) is 16.2. The molecule has 0 saturated carbocycles. The summed E-state index contributed by atoms with van der Waals surface area (Å²) in [7, 11) is 0. The van der Waals surface area contributed by atoms with E-state index in [0.29, 0.717) is 19.5 Å². The molecule has 5 heteroatoms. The highest BCUT2D eigenvalue weighted by Crippen LogP contribution is 2.19. The molecule has 1 amide bonds. The van der Waals surface area contributed by atoms with E-state index in [1.165, 1.54) is 0 Å². The van der Waals surface area contributed by atoms with E-state index < -0.39 is 0 Å². The topological polar surface area (TPSA) is 58.4 Å². The summed E-state index contributed by atoms with van der Waals surface area (Å²) in [6.45, 7) is 6.79. The van der Waals surface area contributed by atoms with Crippen molar-refractivity contribution in [1.29, 1.82) is 0 Å². The number of aliphatic hydroxyl groups excluding tert-OH is 1. The first-order valence-electron chi connectivity index (χ1n) is 7.57. The summed E-state index contributed by atoms with van der Waals surface area (Å²) < 4.78 is 1.88. The molecule has 0 saturated heterocycles. The number of likely N-dealkylation sites (N-methyl/N-ethyl adjacent to an activating group) is 1. The van der Waals surface area contributed by atoms with Gasteiger partial charge in [0.15, 0.2) is 0 Å². The van der Waals surface area contributed by atoms with Crippen LogP contribution in [0.25, 0.3) is 5.69 Å². The molecule has 0 aliphatic carbocycles. The van der Waals surface area contributed by atoms with Crippen molar-refractivity contribution < 1.29 is 9.90 Å². The summed E-state index contributed by atoms with van der Waals surface area (Å²) in [5.41, 5.74) is 3.81. The fraction of sp³-hybridized carbons (Fsp3) is 0.412. The number of para-hydroxylation sites is 1. The second-order valence-electron chi connectivity index (χ2n) is 5.27. The number of rotatable bonds is 6. The number of aromatic nitrogens is 2. The zero-order chi connectivity index (χ0) is 16.1. The molecule has 2 rings (SSSR count). The molecular formula is C17H23N3O2. The highest BCUT2D eigenvalue weighted by atomic mass is 16.3. The molecule has 1 heterocycles. The molecule has 118 valence electrons. The summed E-state index contributed by atoms with van der Waals surface area (Å²) in [5.74, 6) is 0.0235. The van der Waals surface area contributed by atoms with Crippen molar-refractivity contribution in [3.63, 3.8) is 0 Å². The maximum absolute atomic E-state index is 12.4. The highest BCUT2D eigenvalue weighted by molar-refractivity contribution is 5.79. The molecule has 1 aromatic heterocycles. The van der Waals surface area contributed by atoms with Gasteiger partial charge in [-0.2, -0.15) is 5.10 Å². The van der Waals surface area contributed by atoms with E-state index in [2.05, 4.69) is 5.10 Å². The van der Waals surface area contributed by atoms with Gasteiger partial charge in [-0.3, -0.25) is 4.79 Å². The SMILES string of the molecule is CCN(CCO)C(=O)Cc1c(C)nn(-c2ccccc2)c1C. The summed E-state index contributed by atoms with van der Waals surface area (Å²) in [6, 6.07) is 9.89. The maximum atomic E-state index is 12.4. The van der Waals surface area contributed by atoms with Gasteiger partial charge >= 0.3 is 0 Å². The molecule has 0 radical (unpaired) electrons. The Bertz CT molecular complexity index is 635. The van der Waals surface area contributed by atoms with E-state index in [1.807, 2.05) is 55.8 Å². The van der Waals surface area contributed by atoms with Crippen LogP contribution in [0.1, 0.15) is 23.9 Å². The van der Waals surface area contributed by atoms with Crippen LogP contribution < -0.4 is 0 Å². The summed E-state index contributed by atoms with van der Waals surface area (Å²) in [5, 5.41) is 13.6. The molecular weight excluding hydrogens is 278 g/mol. The second-order valence-corrected chi connectivity index (χ2v) is 5.27. The third-order valence-electron chi connectivity index (χ3n) is 3.87. The van der Waals surface area contributed by atoms with Gasteiger partial charge in [-0.15, -0.1) is 0 Å². The smallest absolute Gasteiger partial charge is 0.227 e. The van der Waals surface area contributed by atoms with Gasteiger partial charge in [0.1, 0.15) is 0 Å². The van der Waals surface area contributed by atoms with Crippen LogP contribution in [-0.2, 0) is 11.2 Å². The first-order valence-corrected chi connectivity index (χ1v) is 7.57. The quantitative estimate of drug-likeness (QED) is 0.886. The molecule has 22 heavy (non-hydrogen) atoms. The minimum Gasteiger partial charge on any atom is -0.395 e. The number of carbonyl (C=O) groups is 1. The van der Waals surface area contributed by atoms with Crippen molar-refractivity contribution in [3.8, 4) is 5.69 Å². The number of benzene rings is 1. The molecule has 1 N–H and O–H groups in total. The Morgan fingerprint density at radius 2 is 1.95 bits per heavy atom. The molecule has 0 bridgehead atoms. The Kier molecular flexibility index (Phi) is 5.33. The molecule has 0 atom stereocenters. The van der Waals surface area contributed by atoms with Crippen LogP contribution in [0, 0.1) is 13.8 Å². The zero-order valence-electron chi connectivity index (χ0n) is 13.4. The molecule has 1 aromatic carbocycles. The Morgan fingerprint density at radius 1 is 1.27 bits per heavy atom. The Morgan fingerprint density at radius 3 is 2.55 bits per heavy atom. The van der Waals surface area contributed by atoms with Gasteiger partial charge in [-0.05, 0) is 32.9 Å². The van der Waals surface area contributed by atoms with Gasteiger partial charge in [-0.25, -0.2) is 4.68 Å². The van der Waals surface area contributed by atoms with Gasteiger partial charge in [0.05, 0.1) is 24.4 Å². The number of carbonyl (C=O) groups excluding carboxylic acids is 1. The predicted molar refractivity (Wildman–Crippen MR) is 86.1 cm³/mol. The summed E-state index contributed by atoms with van der Waals surface area (Å²) in [6.07, 6.45) is 0.318. The third kappa shape index (κ3) is 3.36. The van der Waals surface area contributed by atoms with Crippen LogP contribution in [0.2, 0.25) is 0 Å². The van der Waals surface area contributed by atoms with E-state index >= 15 is 0 Å². The number of aryl methyl sites for hydroxylation is 1. The minimum absolute atomic E-state index is 0.0131. The normalized spacial score (nSPS) is 10.7. The van der Waals surface area contributed by atoms with E-state index in [1.54, 1.807) is 4.90 Å². The van der Waals surface area contributed by atoms with Crippen molar-refractivity contribution in [2.24, 2.45) is 0 Å². The van der Waals surface area contributed by atoms with E-state index in [9.17, 15) is 4.79 Å². The monoisotopic (exact) mass is 301 g/mol. The Labute approximate surface area is 131 Å². The molecule has 5 nitrogen and oxygen atoms in total. The fourth-order valence-electron chi connectivity index (χ4n) is 2.59. The predicted octanol–water partition coefficient (Wildman–Crippen LogP) is 1.87. The lowest BCUT2D eigenvalue weighted by molar-refractivity contribution is -0.130. The molecule has 0 spiro atoms. The molecule has 2 aromatic rings. The van der Waals surface area contributed by atoms with E-state index in [4.69, 9.17) is 5.11 Å². The number of nitrogens with zero attached hydrogens (tertiary/aromatic N) is 3. The first-order chi connectivity index (χ1) is 10.6. The maximum Gasteiger partial charge on any atom is 0.227 e. The highest BCUT2D eigenvalue weighted by Gasteiger charge is 2.18. The van der Waals surface area contributed by atoms with Crippen molar-refractivity contribution >= 4 is 5.91 Å². The van der Waals surface area contributed by atoms with Crippen molar-refractivity contribution in [2.45, 2.75) is 27.2 Å². The van der Waals surface area contributed by atoms with Gasteiger partial charge in [0.2, 0.25) is 5.91 Å². The van der Waals surface area contributed by atoms with Gasteiger partial charge < -0.3 is 10.0 Å². The van der Waals surface area contributed by atoms with E-state index in [-0.39, 0.29) is 12.5 Å². The zero-order valence-corrected chi connectivity index (χ0v) is 13.4. The molecule has 0 fully saturated rings. The van der Waals surface area contributed by atoms with Crippen LogP contribution >= 0.6 is 0 Å². The van der Waals surface area contributed by atoms with Crippen LogP contribution in [0.4, 0.5) is 0 Å². The summed E-state index contributed by atoms with van der Waals surface area (Å²) >= 11 is 0. The molecule has 0 unspecified atom stereocenters. The number of amides is 1. The van der Waals surface area contributed by atoms with Gasteiger partial charge in [0, 0.05) is 24.3 Å². The molecule has 0 aliphatic rings. The standard InChI is InChI=1S/C17H23N3O2/c1-4-19(10-11-21)17(22)12-16-13(2)18-20(14(16)3)15-8-6-5-7-9-15/h5-9,21H,4,10-12H2,1-3H3. The third-order valence-corrected chi connectivity index (χ3v) is 3.87. The second kappa shape index (κ2) is 7.22. The van der Waals surface area contributed by atoms with Crippen molar-refractivity contribution in [2.75, 3.05) is 19.7 Å². The van der Waals surface area contributed by atoms with Gasteiger partial charge in [0.25, 0.3) is 0 Å². The average Bonchev–Trinajstić information content (AvgIpc) is 2.81. The molecule has 0 aliphatic heterocycles. The lowest BCUT2D eigenvalue weighted by Gasteiger charge is -2.19. The fourth-order valence-corrected chi connectivity index (χ4v) is 2.59. The Hall–Kier alpha value is -2.14. The van der Waals surface area contributed by atoms with Crippen LogP contribution in [0.5, 0.6) is 0 Å². The lowest BCUT2D eigenvalue weighted by Crippen LogP contribution is -2.34. The van der Waals surface area contributed by atoms with Crippen molar-refractivity contribution in [3.05, 3.63) is 47.3 Å². The average molecular weight is 301 g/mol. The Balaban J connectivity index is 2.26. The van der Waals surface area contributed by atoms with Gasteiger partial charge in [-0.1, -0.05) is 18.2 Å². The number of hydrogen-bond donors (Lipinski definition) is 1. The van der Waals surface area contributed by atoms with Crippen LogP contribution in [0.15, 0.2) is 30.3 Å². The van der Waals surface area contributed by atoms with Crippen LogP contribution in [0.3, 0.4) is 0 Å². The number of hydrogen-bond acceptors (Lipinski definition) is 3. The minimum atomic E-state index is -0.0131. The van der Waals surface area contributed by atoms with Crippen LogP contribution in [-0.4, -0.2) is 45.4 Å². The lowest BCUT2D eigenvalue weighted by atomic mass is 10.1. The van der Waals surface area contributed by atoms with Crippen molar-refractivity contribution in [1.82, 2.24) is 14.7 Å².